The summed E-state index contributed by atoms with van der Waals surface area (Å²) in [7, 11) is -4.42. The van der Waals surface area contributed by atoms with Crippen LogP contribution >= 0.6 is 0 Å². The van der Waals surface area contributed by atoms with Crippen molar-refractivity contribution in [1.82, 2.24) is 10.0 Å². The van der Waals surface area contributed by atoms with E-state index in [0.717, 1.165) is 38.2 Å². The molecular formula is C28H33F6N5O6S. The molecule has 0 aromatic heterocycles. The fraction of sp³-hybridized carbons (Fsp3) is 0.429. The monoisotopic (exact) mass is 681 g/mol. The number of carbonyl (C=O) groups is 3. The average molecular weight is 682 g/mol. The highest BCUT2D eigenvalue weighted by Gasteiger charge is 2.39. The van der Waals surface area contributed by atoms with Crippen LogP contribution in [-0.4, -0.2) is 49.9 Å². The number of sulfonamides is 1. The first kappa shape index (κ1) is 38.0. The molecule has 7 N–H and O–H groups in total. The van der Waals surface area contributed by atoms with E-state index in [1.807, 2.05) is 0 Å². The number of nitrogens with two attached hydrogens (primary N) is 1. The molecule has 46 heavy (non-hydrogen) atoms. The lowest BCUT2D eigenvalue weighted by molar-refractivity contribution is -0.192. The SMILES string of the molecule is CC(NC(=O)CC(=O)Nc1ccc(C(=N)N)cc1)c1ccc(S(=O)(=O)NCC2CCCCC2)c(C(F)(F)F)c1.O=C(O)C(F)(F)F. The largest absolute Gasteiger partial charge is 0.490 e. The van der Waals surface area contributed by atoms with Crippen molar-refractivity contribution in [1.29, 1.82) is 5.41 Å². The summed E-state index contributed by atoms with van der Waals surface area (Å²) >= 11 is 0. The molecular weight excluding hydrogens is 648 g/mol. The molecule has 1 saturated carbocycles. The van der Waals surface area contributed by atoms with Gasteiger partial charge in [0.05, 0.1) is 16.5 Å². The summed E-state index contributed by atoms with van der Waals surface area (Å²) in [4.78, 5) is 32.6. The Morgan fingerprint density at radius 1 is 0.978 bits per heavy atom. The zero-order chi connectivity index (χ0) is 34.9. The van der Waals surface area contributed by atoms with Crippen molar-refractivity contribution in [3.8, 4) is 0 Å². The molecule has 18 heteroatoms. The van der Waals surface area contributed by atoms with Gasteiger partial charge in [-0.15, -0.1) is 0 Å². The Bertz CT molecular complexity index is 1510. The molecule has 1 aliphatic carbocycles. The first-order valence-corrected chi connectivity index (χ1v) is 15.2. The molecule has 1 fully saturated rings. The lowest BCUT2D eigenvalue weighted by atomic mass is 9.90. The van der Waals surface area contributed by atoms with Crippen LogP contribution in [0.15, 0.2) is 47.4 Å². The number of aliphatic carboxylic acids is 1. The van der Waals surface area contributed by atoms with Crippen molar-refractivity contribution in [3.05, 3.63) is 59.2 Å². The molecule has 1 atom stereocenters. The Morgan fingerprint density at radius 2 is 1.54 bits per heavy atom. The van der Waals surface area contributed by atoms with Crippen LogP contribution in [0.3, 0.4) is 0 Å². The summed E-state index contributed by atoms with van der Waals surface area (Å²) in [6, 6.07) is 7.93. The maximum absolute atomic E-state index is 13.9. The van der Waals surface area contributed by atoms with E-state index in [9.17, 15) is 44.3 Å². The normalized spacial score (nSPS) is 14.8. The molecule has 2 amide bonds. The van der Waals surface area contributed by atoms with Gasteiger partial charge in [0.15, 0.2) is 0 Å². The third-order valence-electron chi connectivity index (χ3n) is 6.81. The lowest BCUT2D eigenvalue weighted by Crippen LogP contribution is -2.32. The van der Waals surface area contributed by atoms with Gasteiger partial charge in [-0.1, -0.05) is 25.3 Å². The van der Waals surface area contributed by atoms with Gasteiger partial charge in [0.1, 0.15) is 12.3 Å². The number of carboxylic acid groups (broad SMARTS) is 1. The lowest BCUT2D eigenvalue weighted by Gasteiger charge is -2.23. The fourth-order valence-corrected chi connectivity index (χ4v) is 5.75. The topological polar surface area (TPSA) is 192 Å². The van der Waals surface area contributed by atoms with Gasteiger partial charge in [0.25, 0.3) is 0 Å². The predicted molar refractivity (Wildman–Crippen MR) is 154 cm³/mol. The number of carboxylic acids is 1. The van der Waals surface area contributed by atoms with Gasteiger partial charge < -0.3 is 21.5 Å². The molecule has 0 aliphatic heterocycles. The standard InChI is InChI=1S/C26H32F3N5O4S.C2HF3O2/c1-16(33-23(35)14-24(36)34-20-10-7-18(8-11-20)25(30)31)19-9-12-22(21(13-19)26(27,28)29)39(37,38)32-15-17-5-3-2-4-6-17;3-2(4,5)1(6)7/h7-13,16-17,32H,2-6,14-15H2,1H3,(H3,30,31)(H,33,35)(H,34,36);(H,6,7). The average Bonchev–Trinajstić information content (AvgIpc) is 2.96. The van der Waals surface area contributed by atoms with Gasteiger partial charge in [-0.25, -0.2) is 17.9 Å². The molecule has 254 valence electrons. The minimum absolute atomic E-state index is 0.0298. The first-order valence-electron chi connectivity index (χ1n) is 13.7. The smallest absolute Gasteiger partial charge is 0.475 e. The molecule has 1 aliphatic rings. The van der Waals surface area contributed by atoms with Gasteiger partial charge >= 0.3 is 18.3 Å². The molecule has 11 nitrogen and oxygen atoms in total. The number of nitrogen functional groups attached to an aromatic ring is 1. The number of amidine groups is 1. The Morgan fingerprint density at radius 3 is 2.04 bits per heavy atom. The summed E-state index contributed by atoms with van der Waals surface area (Å²) < 4.78 is 101. The van der Waals surface area contributed by atoms with Crippen molar-refractivity contribution in [3.63, 3.8) is 0 Å². The number of halogens is 6. The van der Waals surface area contributed by atoms with E-state index < -0.39 is 63.1 Å². The van der Waals surface area contributed by atoms with E-state index in [-0.39, 0.29) is 23.9 Å². The highest BCUT2D eigenvalue weighted by molar-refractivity contribution is 7.89. The highest BCUT2D eigenvalue weighted by Crippen LogP contribution is 2.36. The van der Waals surface area contributed by atoms with Crippen LogP contribution in [0.2, 0.25) is 0 Å². The van der Waals surface area contributed by atoms with Crippen molar-refractivity contribution >= 4 is 39.3 Å². The Kier molecular flexibility index (Phi) is 13.1. The third kappa shape index (κ3) is 12.0. The highest BCUT2D eigenvalue weighted by atomic mass is 32.2. The number of anilines is 1. The molecule has 0 bridgehead atoms. The number of alkyl halides is 6. The molecule has 0 spiro atoms. The van der Waals surface area contributed by atoms with Crippen LogP contribution in [0.4, 0.5) is 32.0 Å². The Hall–Kier alpha value is -4.19. The third-order valence-corrected chi connectivity index (χ3v) is 8.29. The minimum Gasteiger partial charge on any atom is -0.475 e. The Balaban J connectivity index is 0.000000942. The second-order valence-electron chi connectivity index (χ2n) is 10.4. The van der Waals surface area contributed by atoms with Crippen molar-refractivity contribution in [2.45, 2.75) is 68.7 Å². The van der Waals surface area contributed by atoms with Crippen LogP contribution in [0.25, 0.3) is 0 Å². The van der Waals surface area contributed by atoms with E-state index in [0.29, 0.717) is 17.3 Å². The summed E-state index contributed by atoms with van der Waals surface area (Å²) in [5, 5.41) is 19.5. The number of rotatable bonds is 10. The van der Waals surface area contributed by atoms with Crippen molar-refractivity contribution in [2.75, 3.05) is 11.9 Å². The number of hydrogen-bond donors (Lipinski definition) is 6. The van der Waals surface area contributed by atoms with E-state index in [2.05, 4.69) is 15.4 Å². The van der Waals surface area contributed by atoms with Crippen LogP contribution in [-0.2, 0) is 30.6 Å². The molecule has 1 unspecified atom stereocenters. The van der Waals surface area contributed by atoms with E-state index in [1.54, 1.807) is 0 Å². The van der Waals surface area contributed by atoms with Gasteiger partial charge in [-0.3, -0.25) is 15.0 Å². The molecule has 2 aromatic carbocycles. The number of nitrogens with one attached hydrogen (secondary N) is 4. The summed E-state index contributed by atoms with van der Waals surface area (Å²) in [5.74, 6) is -4.20. The molecule has 0 saturated heterocycles. The molecule has 3 rings (SSSR count). The molecule has 2 aromatic rings. The summed E-state index contributed by atoms with van der Waals surface area (Å²) in [6.07, 6.45) is -5.97. The maximum atomic E-state index is 13.9. The van der Waals surface area contributed by atoms with E-state index in [1.165, 1.54) is 37.3 Å². The summed E-state index contributed by atoms with van der Waals surface area (Å²) in [5.41, 5.74) is 4.90. The van der Waals surface area contributed by atoms with Crippen molar-refractivity contribution < 1.29 is 54.3 Å². The zero-order valence-corrected chi connectivity index (χ0v) is 25.2. The first-order chi connectivity index (χ1) is 21.2. The number of benzene rings is 2. The Labute approximate surface area is 260 Å². The van der Waals surface area contributed by atoms with E-state index >= 15 is 0 Å². The van der Waals surface area contributed by atoms with Gasteiger partial charge in [0.2, 0.25) is 21.8 Å². The number of amides is 2. The maximum Gasteiger partial charge on any atom is 0.490 e. The minimum atomic E-state index is -5.08. The van der Waals surface area contributed by atoms with Gasteiger partial charge in [-0.05, 0) is 67.6 Å². The second kappa shape index (κ2) is 15.9. The van der Waals surface area contributed by atoms with Gasteiger partial charge in [-0.2, -0.15) is 26.3 Å². The molecule has 0 radical (unpaired) electrons. The number of carbonyl (C=O) groups excluding carboxylic acids is 2. The van der Waals surface area contributed by atoms with Crippen LogP contribution in [0.1, 0.15) is 68.2 Å². The molecule has 0 heterocycles. The zero-order valence-electron chi connectivity index (χ0n) is 24.4. The van der Waals surface area contributed by atoms with Crippen molar-refractivity contribution in [2.24, 2.45) is 11.7 Å². The quantitative estimate of drug-likeness (QED) is 0.0907. The van der Waals surface area contributed by atoms with E-state index in [4.69, 9.17) is 21.0 Å². The predicted octanol–water partition coefficient (Wildman–Crippen LogP) is 4.69. The van der Waals surface area contributed by atoms with Gasteiger partial charge in [0, 0.05) is 17.8 Å². The second-order valence-corrected chi connectivity index (χ2v) is 12.2. The van der Waals surface area contributed by atoms with Crippen LogP contribution < -0.4 is 21.1 Å². The van der Waals surface area contributed by atoms with Crippen LogP contribution in [0, 0.1) is 11.3 Å². The summed E-state index contributed by atoms with van der Waals surface area (Å²) in [6.45, 7) is 1.51. The fourth-order valence-electron chi connectivity index (χ4n) is 4.43. The van der Waals surface area contributed by atoms with Crippen LogP contribution in [0.5, 0.6) is 0 Å². The number of hydrogen-bond acceptors (Lipinski definition) is 6.